The number of phosphoric ester groups is 1. The SMILES string of the molecule is CCCCCCCCCCCCC(OP(=O)(O)O)P(=O)(O)O. The van der Waals surface area contributed by atoms with Crippen molar-refractivity contribution in [2.24, 2.45) is 0 Å². The highest BCUT2D eigenvalue weighted by atomic mass is 31.2. The van der Waals surface area contributed by atoms with Gasteiger partial charge in [0.1, 0.15) is 0 Å². The Labute approximate surface area is 132 Å². The van der Waals surface area contributed by atoms with E-state index in [4.69, 9.17) is 19.6 Å². The van der Waals surface area contributed by atoms with Crippen LogP contribution in [-0.4, -0.2) is 25.4 Å². The third-order valence-electron chi connectivity index (χ3n) is 3.44. The van der Waals surface area contributed by atoms with E-state index in [1.807, 2.05) is 0 Å². The van der Waals surface area contributed by atoms with Crippen LogP contribution in [0.1, 0.15) is 77.6 Å². The summed E-state index contributed by atoms with van der Waals surface area (Å²) in [6, 6.07) is 0. The molecule has 0 aromatic rings. The van der Waals surface area contributed by atoms with Gasteiger partial charge in [0.15, 0.2) is 5.85 Å². The van der Waals surface area contributed by atoms with Gasteiger partial charge in [0.2, 0.25) is 0 Å². The van der Waals surface area contributed by atoms with Crippen LogP contribution in [0.15, 0.2) is 0 Å². The monoisotopic (exact) mass is 360 g/mol. The van der Waals surface area contributed by atoms with Crippen molar-refractivity contribution in [1.29, 1.82) is 0 Å². The van der Waals surface area contributed by atoms with Gasteiger partial charge in [-0.05, 0) is 6.42 Å². The van der Waals surface area contributed by atoms with Gasteiger partial charge in [0.25, 0.3) is 0 Å². The van der Waals surface area contributed by atoms with Crippen LogP contribution in [0.4, 0.5) is 0 Å². The van der Waals surface area contributed by atoms with Crippen molar-refractivity contribution in [3.63, 3.8) is 0 Å². The second-order valence-electron chi connectivity index (χ2n) is 5.61. The summed E-state index contributed by atoms with van der Waals surface area (Å²) < 4.78 is 26.0. The number of unbranched alkanes of at least 4 members (excludes halogenated alkanes) is 9. The molecule has 22 heavy (non-hydrogen) atoms. The van der Waals surface area contributed by atoms with Crippen LogP contribution in [0.2, 0.25) is 0 Å². The van der Waals surface area contributed by atoms with Gasteiger partial charge in [0.05, 0.1) is 0 Å². The lowest BCUT2D eigenvalue weighted by Crippen LogP contribution is -2.12. The molecule has 4 N–H and O–H groups in total. The normalized spacial score (nSPS) is 14.2. The molecular weight excluding hydrogens is 330 g/mol. The van der Waals surface area contributed by atoms with Crippen LogP contribution in [0.25, 0.3) is 0 Å². The molecule has 0 saturated carbocycles. The number of hydrogen-bond donors (Lipinski definition) is 4. The first-order valence-electron chi connectivity index (χ1n) is 7.96. The van der Waals surface area contributed by atoms with E-state index in [1.54, 1.807) is 0 Å². The zero-order valence-electron chi connectivity index (χ0n) is 13.3. The predicted molar refractivity (Wildman–Crippen MR) is 85.4 cm³/mol. The molecule has 0 aromatic heterocycles. The smallest absolute Gasteiger partial charge is 0.323 e. The van der Waals surface area contributed by atoms with Crippen LogP contribution in [-0.2, 0) is 13.7 Å². The van der Waals surface area contributed by atoms with Crippen molar-refractivity contribution < 1.29 is 33.2 Å². The van der Waals surface area contributed by atoms with E-state index in [0.29, 0.717) is 6.42 Å². The van der Waals surface area contributed by atoms with Crippen molar-refractivity contribution in [1.82, 2.24) is 0 Å². The van der Waals surface area contributed by atoms with Crippen molar-refractivity contribution in [2.45, 2.75) is 83.4 Å². The first-order valence-corrected chi connectivity index (χ1v) is 11.2. The summed E-state index contributed by atoms with van der Waals surface area (Å²) in [7, 11) is -9.55. The van der Waals surface area contributed by atoms with Crippen molar-refractivity contribution in [3.05, 3.63) is 0 Å². The van der Waals surface area contributed by atoms with E-state index in [2.05, 4.69) is 11.4 Å². The Morgan fingerprint density at radius 2 is 1.18 bits per heavy atom. The topological polar surface area (TPSA) is 124 Å². The summed E-state index contributed by atoms with van der Waals surface area (Å²) in [5.41, 5.74) is 0. The first kappa shape index (κ1) is 22.3. The Kier molecular flexibility index (Phi) is 11.9. The fourth-order valence-corrected chi connectivity index (χ4v) is 4.05. The van der Waals surface area contributed by atoms with Gasteiger partial charge in [-0.3, -0.25) is 9.09 Å². The van der Waals surface area contributed by atoms with E-state index >= 15 is 0 Å². The summed E-state index contributed by atoms with van der Waals surface area (Å²) >= 11 is 0. The molecule has 0 saturated heterocycles. The number of rotatable bonds is 14. The molecule has 0 heterocycles. The van der Waals surface area contributed by atoms with Gasteiger partial charge >= 0.3 is 15.4 Å². The molecule has 0 rings (SSSR count). The molecule has 0 aliphatic heterocycles. The standard InChI is InChI=1S/C13H30O7P2/c1-2-3-4-5-6-7-8-9-10-11-12-13(21(14,15)16)20-22(17,18)19/h13H,2-12H2,1H3,(H2,14,15,16)(H2,17,18,19). The Morgan fingerprint density at radius 3 is 1.55 bits per heavy atom. The zero-order valence-corrected chi connectivity index (χ0v) is 15.1. The van der Waals surface area contributed by atoms with Crippen molar-refractivity contribution in [3.8, 4) is 0 Å². The quantitative estimate of drug-likeness (QED) is 0.273. The molecule has 0 amide bonds. The molecule has 0 aliphatic carbocycles. The number of phosphoric acid groups is 1. The van der Waals surface area contributed by atoms with Gasteiger partial charge in [0, 0.05) is 0 Å². The lowest BCUT2D eigenvalue weighted by atomic mass is 10.1. The van der Waals surface area contributed by atoms with Crippen LogP contribution in [0, 0.1) is 0 Å². The molecule has 1 atom stereocenters. The maximum Gasteiger partial charge on any atom is 0.470 e. The molecule has 1 unspecified atom stereocenters. The minimum atomic E-state index is -4.89. The highest BCUT2D eigenvalue weighted by Gasteiger charge is 2.35. The van der Waals surface area contributed by atoms with Crippen LogP contribution in [0.5, 0.6) is 0 Å². The fourth-order valence-electron chi connectivity index (χ4n) is 2.25. The Hall–Kier alpha value is 0.260. The molecule has 0 radical (unpaired) electrons. The average Bonchev–Trinajstić information content (AvgIpc) is 2.37. The summed E-state index contributed by atoms with van der Waals surface area (Å²) in [6.45, 7) is 2.18. The van der Waals surface area contributed by atoms with Crippen molar-refractivity contribution >= 4 is 15.4 Å². The Bertz CT molecular complexity index is 363. The van der Waals surface area contributed by atoms with Crippen LogP contribution < -0.4 is 0 Å². The average molecular weight is 360 g/mol. The highest BCUT2D eigenvalue weighted by molar-refractivity contribution is 7.53. The van der Waals surface area contributed by atoms with E-state index in [0.717, 1.165) is 25.7 Å². The molecule has 7 nitrogen and oxygen atoms in total. The Balaban J connectivity index is 3.73. The van der Waals surface area contributed by atoms with E-state index in [1.165, 1.54) is 32.1 Å². The van der Waals surface area contributed by atoms with Crippen molar-refractivity contribution in [2.75, 3.05) is 0 Å². The molecule has 0 bridgehead atoms. The molecule has 0 aliphatic rings. The maximum absolute atomic E-state index is 11.1. The van der Waals surface area contributed by atoms with Gasteiger partial charge in [-0.25, -0.2) is 4.57 Å². The van der Waals surface area contributed by atoms with Gasteiger partial charge in [-0.2, -0.15) is 0 Å². The minimum absolute atomic E-state index is 0.0497. The van der Waals surface area contributed by atoms with E-state index in [9.17, 15) is 9.13 Å². The maximum atomic E-state index is 11.1. The predicted octanol–water partition coefficient (Wildman–Crippen LogP) is 3.91. The first-order chi connectivity index (χ1) is 10.2. The van der Waals surface area contributed by atoms with Crippen LogP contribution in [0.3, 0.4) is 0 Å². The molecule has 0 fully saturated rings. The van der Waals surface area contributed by atoms with E-state index in [-0.39, 0.29) is 6.42 Å². The fraction of sp³-hybridized carbons (Fsp3) is 1.00. The van der Waals surface area contributed by atoms with Gasteiger partial charge in [-0.1, -0.05) is 71.1 Å². The number of hydrogen-bond acceptors (Lipinski definition) is 3. The largest absolute Gasteiger partial charge is 0.470 e. The summed E-state index contributed by atoms with van der Waals surface area (Å²) in [6.07, 6.45) is 10.7. The minimum Gasteiger partial charge on any atom is -0.323 e. The summed E-state index contributed by atoms with van der Waals surface area (Å²) in [4.78, 5) is 35.4. The third kappa shape index (κ3) is 13.9. The third-order valence-corrected chi connectivity index (χ3v) is 5.25. The molecular formula is C13H30O7P2. The molecule has 134 valence electrons. The molecule has 0 spiro atoms. The second kappa shape index (κ2) is 11.7. The molecule has 9 heteroatoms. The lowest BCUT2D eigenvalue weighted by molar-refractivity contribution is 0.147. The summed E-state index contributed by atoms with van der Waals surface area (Å²) in [5.74, 6) is -1.72. The van der Waals surface area contributed by atoms with Gasteiger partial charge in [-0.15, -0.1) is 0 Å². The Morgan fingerprint density at radius 1 is 0.773 bits per heavy atom. The summed E-state index contributed by atoms with van der Waals surface area (Å²) in [5, 5.41) is 0. The van der Waals surface area contributed by atoms with Crippen LogP contribution >= 0.6 is 15.4 Å². The lowest BCUT2D eigenvalue weighted by Gasteiger charge is -2.19. The highest BCUT2D eigenvalue weighted by Crippen LogP contribution is 2.52. The second-order valence-corrected chi connectivity index (χ2v) is 8.56. The zero-order chi connectivity index (χ0) is 17.1. The van der Waals surface area contributed by atoms with Gasteiger partial charge < -0.3 is 19.6 Å². The van der Waals surface area contributed by atoms with E-state index < -0.39 is 21.3 Å². The molecule has 0 aromatic carbocycles.